The number of nitrogens with zero attached hydrogens (tertiary/aromatic N) is 1. The van der Waals surface area contributed by atoms with Gasteiger partial charge in [-0.3, -0.25) is 0 Å². The molecule has 1 fully saturated rings. The van der Waals surface area contributed by atoms with Crippen LogP contribution in [-0.4, -0.2) is 38.7 Å². The Labute approximate surface area is 153 Å². The van der Waals surface area contributed by atoms with Crippen molar-refractivity contribution in [3.63, 3.8) is 0 Å². The zero-order chi connectivity index (χ0) is 18.5. The van der Waals surface area contributed by atoms with Crippen LogP contribution in [0.2, 0.25) is 0 Å². The van der Waals surface area contributed by atoms with Crippen molar-refractivity contribution in [1.29, 1.82) is 0 Å². The topological polar surface area (TPSA) is 46.6 Å². The Morgan fingerprint density at radius 1 is 1.24 bits per heavy atom. The number of ether oxygens (including phenoxy) is 1. The third kappa shape index (κ3) is 7.78. The Bertz CT molecular complexity index is 645. The van der Waals surface area contributed by atoms with Gasteiger partial charge in [0.15, 0.2) is 0 Å². The maximum atomic E-state index is 12.4. The Kier molecular flexibility index (Phi) is 6.92. The Morgan fingerprint density at radius 3 is 2.60 bits per heavy atom. The van der Waals surface area contributed by atoms with Gasteiger partial charge in [0.1, 0.15) is 5.75 Å². The number of hydrogen-bond donors (Lipinski definition) is 0. The number of likely N-dealkylation sites (N-methyl/N-ethyl adjacent to an activating group) is 1. The van der Waals surface area contributed by atoms with Crippen molar-refractivity contribution >= 4 is 10.0 Å². The first-order chi connectivity index (χ1) is 11.7. The first-order valence-corrected chi connectivity index (χ1v) is 10.9. The standard InChI is InChI=1S/C20H33NO3S/c1-20(2,3)12-6-14-25(22,23)21(4)13-11-17-7-5-8-19(15-17)24-16-18-9-10-18/h5,7-8,15,18H,6,9-14,16H2,1-4H3. The van der Waals surface area contributed by atoms with E-state index in [2.05, 4.69) is 20.8 Å². The third-order valence-electron chi connectivity index (χ3n) is 4.60. The molecule has 0 unspecified atom stereocenters. The van der Waals surface area contributed by atoms with Gasteiger partial charge < -0.3 is 4.74 Å². The van der Waals surface area contributed by atoms with E-state index in [1.54, 1.807) is 7.05 Å². The predicted octanol–water partition coefficient (Wildman–Crippen LogP) is 4.11. The van der Waals surface area contributed by atoms with Gasteiger partial charge in [-0.25, -0.2) is 12.7 Å². The summed E-state index contributed by atoms with van der Waals surface area (Å²) >= 11 is 0. The molecule has 1 aliphatic carbocycles. The van der Waals surface area contributed by atoms with E-state index in [1.165, 1.54) is 17.1 Å². The molecular formula is C20H33NO3S. The van der Waals surface area contributed by atoms with Crippen molar-refractivity contribution in [2.45, 2.75) is 52.9 Å². The SMILES string of the molecule is CN(CCc1cccc(OCC2CC2)c1)S(=O)(=O)CCCC(C)(C)C. The molecule has 0 N–H and O–H groups in total. The summed E-state index contributed by atoms with van der Waals surface area (Å²) in [4.78, 5) is 0. The second-order valence-corrected chi connectivity index (χ2v) is 10.6. The Morgan fingerprint density at radius 2 is 1.96 bits per heavy atom. The molecule has 0 aromatic heterocycles. The second-order valence-electron chi connectivity index (χ2n) is 8.45. The van der Waals surface area contributed by atoms with Crippen LogP contribution in [0.25, 0.3) is 0 Å². The fourth-order valence-corrected chi connectivity index (χ4v) is 3.85. The summed E-state index contributed by atoms with van der Waals surface area (Å²) in [5.74, 6) is 1.85. The first-order valence-electron chi connectivity index (χ1n) is 9.31. The summed E-state index contributed by atoms with van der Waals surface area (Å²) in [6.07, 6.45) is 4.88. The molecule has 1 saturated carbocycles. The van der Waals surface area contributed by atoms with Crippen LogP contribution in [0, 0.1) is 11.3 Å². The van der Waals surface area contributed by atoms with E-state index < -0.39 is 10.0 Å². The van der Waals surface area contributed by atoms with Crippen molar-refractivity contribution in [3.05, 3.63) is 29.8 Å². The van der Waals surface area contributed by atoms with Crippen molar-refractivity contribution in [3.8, 4) is 5.75 Å². The monoisotopic (exact) mass is 367 g/mol. The van der Waals surface area contributed by atoms with E-state index in [-0.39, 0.29) is 11.2 Å². The van der Waals surface area contributed by atoms with E-state index in [4.69, 9.17) is 4.74 Å². The number of sulfonamides is 1. The molecule has 1 aliphatic rings. The van der Waals surface area contributed by atoms with Crippen LogP contribution in [0.15, 0.2) is 24.3 Å². The third-order valence-corrected chi connectivity index (χ3v) is 6.54. The van der Waals surface area contributed by atoms with Gasteiger partial charge in [0.25, 0.3) is 0 Å². The fourth-order valence-electron chi connectivity index (χ4n) is 2.66. The molecule has 142 valence electrons. The van der Waals surface area contributed by atoms with Crippen molar-refractivity contribution in [2.75, 3.05) is 26.0 Å². The van der Waals surface area contributed by atoms with Gasteiger partial charge in [0, 0.05) is 13.6 Å². The highest BCUT2D eigenvalue weighted by Gasteiger charge is 2.22. The largest absolute Gasteiger partial charge is 0.493 e. The minimum absolute atomic E-state index is 0.176. The van der Waals surface area contributed by atoms with Crippen LogP contribution in [0.4, 0.5) is 0 Å². The quantitative estimate of drug-likeness (QED) is 0.625. The summed E-state index contributed by atoms with van der Waals surface area (Å²) in [7, 11) is -1.49. The second kappa shape index (κ2) is 8.54. The molecule has 5 heteroatoms. The molecule has 4 nitrogen and oxygen atoms in total. The molecule has 0 saturated heterocycles. The van der Waals surface area contributed by atoms with Crippen molar-refractivity contribution in [1.82, 2.24) is 4.31 Å². The summed E-state index contributed by atoms with van der Waals surface area (Å²) in [6.45, 7) is 7.72. The number of benzene rings is 1. The maximum absolute atomic E-state index is 12.4. The zero-order valence-corrected chi connectivity index (χ0v) is 16.9. The number of hydrogen-bond acceptors (Lipinski definition) is 3. The van der Waals surface area contributed by atoms with Gasteiger partial charge in [0.2, 0.25) is 10.0 Å². The molecule has 1 aromatic carbocycles. The molecule has 2 rings (SSSR count). The Balaban J connectivity index is 1.79. The molecule has 1 aromatic rings. The first kappa shape index (κ1) is 20.2. The highest BCUT2D eigenvalue weighted by atomic mass is 32.2. The van der Waals surface area contributed by atoms with Gasteiger partial charge in [0.05, 0.1) is 12.4 Å². The van der Waals surface area contributed by atoms with Crippen LogP contribution in [-0.2, 0) is 16.4 Å². The van der Waals surface area contributed by atoms with E-state index in [0.717, 1.165) is 30.3 Å². The molecule has 0 atom stereocenters. The average Bonchev–Trinajstić information content (AvgIpc) is 3.34. The van der Waals surface area contributed by atoms with E-state index in [9.17, 15) is 8.42 Å². The molecule has 0 spiro atoms. The van der Waals surface area contributed by atoms with Gasteiger partial charge in [-0.05, 0) is 61.1 Å². The molecule has 0 bridgehead atoms. The van der Waals surface area contributed by atoms with Crippen LogP contribution >= 0.6 is 0 Å². The van der Waals surface area contributed by atoms with Crippen molar-refractivity contribution in [2.24, 2.45) is 11.3 Å². The van der Waals surface area contributed by atoms with E-state index in [1.807, 2.05) is 24.3 Å². The minimum Gasteiger partial charge on any atom is -0.493 e. The smallest absolute Gasteiger partial charge is 0.213 e. The normalized spacial score (nSPS) is 15.6. The van der Waals surface area contributed by atoms with Gasteiger partial charge in [-0.1, -0.05) is 32.9 Å². The molecule has 0 aliphatic heterocycles. The predicted molar refractivity (Wildman–Crippen MR) is 103 cm³/mol. The van der Waals surface area contributed by atoms with E-state index in [0.29, 0.717) is 19.4 Å². The molecule has 0 heterocycles. The lowest BCUT2D eigenvalue weighted by Crippen LogP contribution is -2.31. The summed E-state index contributed by atoms with van der Waals surface area (Å²) in [6, 6.07) is 8.01. The van der Waals surface area contributed by atoms with Crippen LogP contribution < -0.4 is 4.74 Å². The summed E-state index contributed by atoms with van der Waals surface area (Å²) in [5, 5.41) is 0. The summed E-state index contributed by atoms with van der Waals surface area (Å²) < 4.78 is 32.1. The summed E-state index contributed by atoms with van der Waals surface area (Å²) in [5.41, 5.74) is 1.29. The van der Waals surface area contributed by atoms with Crippen molar-refractivity contribution < 1.29 is 13.2 Å². The molecule has 0 amide bonds. The van der Waals surface area contributed by atoms with Gasteiger partial charge >= 0.3 is 0 Å². The average molecular weight is 368 g/mol. The molecule has 0 radical (unpaired) electrons. The Hall–Kier alpha value is -1.07. The minimum atomic E-state index is -3.17. The van der Waals surface area contributed by atoms with Crippen LogP contribution in [0.5, 0.6) is 5.75 Å². The fraction of sp³-hybridized carbons (Fsp3) is 0.700. The zero-order valence-electron chi connectivity index (χ0n) is 16.1. The number of rotatable bonds is 10. The maximum Gasteiger partial charge on any atom is 0.213 e. The van der Waals surface area contributed by atoms with Crippen LogP contribution in [0.3, 0.4) is 0 Å². The molecular weight excluding hydrogens is 334 g/mol. The highest BCUT2D eigenvalue weighted by molar-refractivity contribution is 7.89. The lowest BCUT2D eigenvalue weighted by Gasteiger charge is -2.20. The van der Waals surface area contributed by atoms with Gasteiger partial charge in [-0.2, -0.15) is 0 Å². The van der Waals surface area contributed by atoms with Crippen LogP contribution in [0.1, 0.15) is 52.0 Å². The lowest BCUT2D eigenvalue weighted by molar-refractivity contribution is 0.299. The molecule has 25 heavy (non-hydrogen) atoms. The van der Waals surface area contributed by atoms with E-state index >= 15 is 0 Å². The lowest BCUT2D eigenvalue weighted by atomic mass is 9.91. The van der Waals surface area contributed by atoms with Gasteiger partial charge in [-0.15, -0.1) is 0 Å². The highest BCUT2D eigenvalue weighted by Crippen LogP contribution is 2.29.